The van der Waals surface area contributed by atoms with Crippen molar-refractivity contribution in [1.82, 2.24) is 0 Å². The first-order chi connectivity index (χ1) is 8.93. The van der Waals surface area contributed by atoms with Crippen molar-refractivity contribution in [2.24, 2.45) is 10.8 Å². The number of hydrogen-bond donors (Lipinski definition) is 2. The molecule has 0 bridgehead atoms. The smallest absolute Gasteiger partial charge is 0.364 e. The minimum absolute atomic E-state index is 0.869. The standard InChI is InChI=1S/C14H25F3O4/c1-10(2,3)8-12(7,18)20-9(11(4,5)6)13(19,21-8)14(15,16)17/h8-9,18-19H,1-7H3/t8-,9-,12+,13+/m0/s1. The van der Waals surface area contributed by atoms with Crippen LogP contribution >= 0.6 is 0 Å². The second kappa shape index (κ2) is 4.81. The van der Waals surface area contributed by atoms with Crippen molar-refractivity contribution in [3.63, 3.8) is 0 Å². The summed E-state index contributed by atoms with van der Waals surface area (Å²) in [5.41, 5.74) is -1.97. The van der Waals surface area contributed by atoms with Crippen molar-refractivity contribution in [2.45, 2.75) is 78.4 Å². The topological polar surface area (TPSA) is 58.9 Å². The van der Waals surface area contributed by atoms with E-state index < -0.39 is 40.8 Å². The number of ether oxygens (including phenoxy) is 2. The van der Waals surface area contributed by atoms with Crippen LogP contribution in [-0.2, 0) is 9.47 Å². The van der Waals surface area contributed by atoms with Gasteiger partial charge in [0.1, 0.15) is 12.2 Å². The summed E-state index contributed by atoms with van der Waals surface area (Å²) < 4.78 is 50.4. The fourth-order valence-electron chi connectivity index (χ4n) is 2.69. The Hall–Kier alpha value is -0.370. The van der Waals surface area contributed by atoms with E-state index in [0.717, 1.165) is 0 Å². The fourth-order valence-corrected chi connectivity index (χ4v) is 2.69. The minimum atomic E-state index is -5.05. The van der Waals surface area contributed by atoms with E-state index in [2.05, 4.69) is 0 Å². The molecule has 1 heterocycles. The van der Waals surface area contributed by atoms with Crippen LogP contribution in [0.4, 0.5) is 13.2 Å². The first-order valence-electron chi connectivity index (χ1n) is 6.80. The highest BCUT2D eigenvalue weighted by atomic mass is 19.4. The third-order valence-electron chi connectivity index (χ3n) is 3.48. The third kappa shape index (κ3) is 3.36. The Morgan fingerprint density at radius 3 is 1.48 bits per heavy atom. The van der Waals surface area contributed by atoms with Crippen LogP contribution in [0.5, 0.6) is 0 Å². The van der Waals surface area contributed by atoms with E-state index in [4.69, 9.17) is 9.47 Å². The molecule has 1 rings (SSSR count). The second-order valence-electron chi connectivity index (χ2n) is 7.98. The average molecular weight is 314 g/mol. The third-order valence-corrected chi connectivity index (χ3v) is 3.48. The van der Waals surface area contributed by atoms with Crippen LogP contribution in [0.3, 0.4) is 0 Å². The molecule has 0 aromatic rings. The number of aliphatic hydroxyl groups is 2. The lowest BCUT2D eigenvalue weighted by Gasteiger charge is -2.56. The summed E-state index contributed by atoms with van der Waals surface area (Å²) in [5, 5.41) is 20.6. The molecule has 1 aliphatic rings. The fraction of sp³-hybridized carbons (Fsp3) is 1.00. The van der Waals surface area contributed by atoms with Crippen LogP contribution in [-0.4, -0.2) is 40.2 Å². The molecule has 4 atom stereocenters. The van der Waals surface area contributed by atoms with Crippen LogP contribution in [0.1, 0.15) is 48.5 Å². The second-order valence-corrected chi connectivity index (χ2v) is 7.98. The highest BCUT2D eigenvalue weighted by Gasteiger charge is 2.70. The number of halogens is 3. The number of rotatable bonds is 0. The monoisotopic (exact) mass is 314 g/mol. The summed E-state index contributed by atoms with van der Waals surface area (Å²) in [7, 11) is 0. The Morgan fingerprint density at radius 1 is 0.810 bits per heavy atom. The van der Waals surface area contributed by atoms with Gasteiger partial charge in [-0.15, -0.1) is 0 Å². The molecule has 7 heteroatoms. The van der Waals surface area contributed by atoms with E-state index in [9.17, 15) is 23.4 Å². The van der Waals surface area contributed by atoms with E-state index in [1.807, 2.05) is 0 Å². The van der Waals surface area contributed by atoms with E-state index in [1.165, 1.54) is 27.7 Å². The molecule has 0 amide bonds. The van der Waals surface area contributed by atoms with E-state index in [0.29, 0.717) is 0 Å². The molecule has 0 spiro atoms. The maximum Gasteiger partial charge on any atom is 0.445 e. The molecule has 21 heavy (non-hydrogen) atoms. The summed E-state index contributed by atoms with van der Waals surface area (Å²) in [6, 6.07) is 0. The van der Waals surface area contributed by atoms with Gasteiger partial charge in [-0.3, -0.25) is 0 Å². The van der Waals surface area contributed by atoms with Gasteiger partial charge in [0.15, 0.2) is 5.79 Å². The van der Waals surface area contributed by atoms with Crippen LogP contribution in [0.25, 0.3) is 0 Å². The number of alkyl halides is 3. The van der Waals surface area contributed by atoms with Crippen LogP contribution in [0.2, 0.25) is 0 Å². The molecular weight excluding hydrogens is 289 g/mol. The van der Waals surface area contributed by atoms with Crippen molar-refractivity contribution < 1.29 is 32.9 Å². The summed E-state index contributed by atoms with van der Waals surface area (Å²) in [4.78, 5) is 0. The van der Waals surface area contributed by atoms with Gasteiger partial charge in [0.2, 0.25) is 0 Å². The molecule has 126 valence electrons. The van der Waals surface area contributed by atoms with Crippen molar-refractivity contribution in [2.75, 3.05) is 0 Å². The van der Waals surface area contributed by atoms with Gasteiger partial charge in [-0.1, -0.05) is 41.5 Å². The Kier molecular flexibility index (Phi) is 4.28. The Labute approximate surface area is 123 Å². The van der Waals surface area contributed by atoms with Gasteiger partial charge < -0.3 is 19.7 Å². The zero-order valence-corrected chi connectivity index (χ0v) is 13.5. The lowest BCUT2D eigenvalue weighted by Crippen LogP contribution is -2.73. The van der Waals surface area contributed by atoms with E-state index >= 15 is 0 Å². The average Bonchev–Trinajstić information content (AvgIpc) is 2.16. The predicted molar refractivity (Wildman–Crippen MR) is 70.3 cm³/mol. The highest BCUT2D eigenvalue weighted by molar-refractivity contribution is 5.02. The maximum absolute atomic E-state index is 13.4. The lowest BCUT2D eigenvalue weighted by molar-refractivity contribution is -0.498. The van der Waals surface area contributed by atoms with Crippen LogP contribution < -0.4 is 0 Å². The molecule has 1 fully saturated rings. The van der Waals surface area contributed by atoms with Crippen molar-refractivity contribution in [1.29, 1.82) is 0 Å². The van der Waals surface area contributed by atoms with E-state index in [1.54, 1.807) is 20.8 Å². The van der Waals surface area contributed by atoms with Gasteiger partial charge in [0, 0.05) is 0 Å². The summed E-state index contributed by atoms with van der Waals surface area (Å²) in [6.07, 6.45) is -8.17. The van der Waals surface area contributed by atoms with Gasteiger partial charge >= 0.3 is 6.18 Å². The predicted octanol–water partition coefficient (Wildman–Crippen LogP) is 2.82. The lowest BCUT2D eigenvalue weighted by atomic mass is 9.78. The number of hydrogen-bond acceptors (Lipinski definition) is 4. The van der Waals surface area contributed by atoms with Gasteiger partial charge in [0.25, 0.3) is 5.79 Å². The Morgan fingerprint density at radius 2 is 1.19 bits per heavy atom. The van der Waals surface area contributed by atoms with Gasteiger partial charge in [-0.25, -0.2) is 0 Å². The molecule has 0 aliphatic carbocycles. The molecule has 4 nitrogen and oxygen atoms in total. The molecule has 0 aromatic heterocycles. The Bertz CT molecular complexity index is 392. The molecule has 0 saturated carbocycles. The van der Waals surface area contributed by atoms with Gasteiger partial charge in [-0.2, -0.15) is 13.2 Å². The zero-order chi connectivity index (χ0) is 17.1. The highest BCUT2D eigenvalue weighted by Crippen LogP contribution is 2.51. The summed E-state index contributed by atoms with van der Waals surface area (Å²) in [6.45, 7) is 10.5. The van der Waals surface area contributed by atoms with Crippen molar-refractivity contribution in [3.05, 3.63) is 0 Å². The first-order valence-corrected chi connectivity index (χ1v) is 6.80. The molecule has 1 aliphatic heterocycles. The van der Waals surface area contributed by atoms with Gasteiger partial charge in [-0.05, 0) is 17.8 Å². The summed E-state index contributed by atoms with van der Waals surface area (Å²) >= 11 is 0. The van der Waals surface area contributed by atoms with Crippen LogP contribution in [0, 0.1) is 10.8 Å². The largest absolute Gasteiger partial charge is 0.445 e. The zero-order valence-electron chi connectivity index (χ0n) is 13.5. The molecule has 0 radical (unpaired) electrons. The molecule has 0 aromatic carbocycles. The summed E-state index contributed by atoms with van der Waals surface area (Å²) in [5.74, 6) is -5.43. The molecule has 0 unspecified atom stereocenters. The maximum atomic E-state index is 13.4. The molecule has 1 saturated heterocycles. The van der Waals surface area contributed by atoms with Crippen molar-refractivity contribution in [3.8, 4) is 0 Å². The quantitative estimate of drug-likeness (QED) is 0.722. The normalized spacial score (nSPS) is 39.4. The van der Waals surface area contributed by atoms with Gasteiger partial charge in [0.05, 0.1) is 0 Å². The minimum Gasteiger partial charge on any atom is -0.364 e. The Balaban J connectivity index is 3.39. The van der Waals surface area contributed by atoms with Crippen molar-refractivity contribution >= 4 is 0 Å². The van der Waals surface area contributed by atoms with E-state index in [-0.39, 0.29) is 0 Å². The molecular formula is C14H25F3O4. The first kappa shape index (κ1) is 18.7. The molecule has 2 N–H and O–H groups in total. The SMILES string of the molecule is CC(C)(C)[C@@H]1O[C@@](O)(C(F)(F)F)[C@H](C(C)(C)C)O[C@@]1(C)O. The van der Waals surface area contributed by atoms with Crippen LogP contribution in [0.15, 0.2) is 0 Å².